The molecular weight excluding hydrogens is 398 g/mol. The number of nitrogens with zero attached hydrogens (tertiary/aromatic N) is 1. The average Bonchev–Trinajstić information content (AvgIpc) is 3.19. The molecule has 0 bridgehead atoms. The average molecular weight is 428 g/mol. The third kappa shape index (κ3) is 4.58. The lowest BCUT2D eigenvalue weighted by molar-refractivity contribution is 1.18. The summed E-state index contributed by atoms with van der Waals surface area (Å²) in [6.45, 7) is 12.0. The SMILES string of the molecule is C=C/C=C(\C=C)c1cccc(-n2c3ccccc3c3c(C)cccc32)c1.Cc1ccccc1. The first-order chi connectivity index (χ1) is 16.1. The third-order valence-electron chi connectivity index (χ3n) is 5.80. The molecule has 0 saturated carbocycles. The molecule has 0 aliphatic rings. The zero-order valence-corrected chi connectivity index (χ0v) is 19.3. The van der Waals surface area contributed by atoms with Gasteiger partial charge in [0.05, 0.1) is 11.0 Å². The van der Waals surface area contributed by atoms with Gasteiger partial charge in [0.1, 0.15) is 0 Å². The van der Waals surface area contributed by atoms with Gasteiger partial charge in [-0.15, -0.1) is 0 Å². The molecule has 0 radical (unpaired) electrons. The highest BCUT2D eigenvalue weighted by atomic mass is 15.0. The van der Waals surface area contributed by atoms with Crippen molar-refractivity contribution in [3.63, 3.8) is 0 Å². The van der Waals surface area contributed by atoms with Crippen LogP contribution in [0, 0.1) is 13.8 Å². The maximum absolute atomic E-state index is 3.94. The van der Waals surface area contributed by atoms with Crippen LogP contribution in [0.4, 0.5) is 0 Å². The summed E-state index contributed by atoms with van der Waals surface area (Å²) in [6.07, 6.45) is 5.66. The fourth-order valence-corrected chi connectivity index (χ4v) is 4.25. The molecule has 0 aliphatic heterocycles. The van der Waals surface area contributed by atoms with E-state index in [1.807, 2.05) is 30.4 Å². The van der Waals surface area contributed by atoms with Crippen LogP contribution in [0.25, 0.3) is 33.1 Å². The van der Waals surface area contributed by atoms with Gasteiger partial charge in [-0.25, -0.2) is 0 Å². The van der Waals surface area contributed by atoms with Crippen LogP contribution in [0.15, 0.2) is 128 Å². The van der Waals surface area contributed by atoms with Gasteiger partial charge in [0.2, 0.25) is 0 Å². The summed E-state index contributed by atoms with van der Waals surface area (Å²) in [4.78, 5) is 0. The molecule has 33 heavy (non-hydrogen) atoms. The molecule has 0 N–H and O–H groups in total. The third-order valence-corrected chi connectivity index (χ3v) is 5.80. The van der Waals surface area contributed by atoms with Crippen molar-refractivity contribution in [3.05, 3.63) is 145 Å². The zero-order chi connectivity index (χ0) is 23.2. The predicted octanol–water partition coefficient (Wildman–Crippen LogP) is 8.84. The number of fused-ring (bicyclic) bond motifs is 3. The lowest BCUT2D eigenvalue weighted by Gasteiger charge is -2.10. The second-order valence-electron chi connectivity index (χ2n) is 8.09. The number of rotatable bonds is 4. The topological polar surface area (TPSA) is 4.93 Å². The van der Waals surface area contributed by atoms with Gasteiger partial charge < -0.3 is 4.57 Å². The van der Waals surface area contributed by atoms with E-state index in [9.17, 15) is 0 Å². The van der Waals surface area contributed by atoms with Crippen LogP contribution in [0.2, 0.25) is 0 Å². The van der Waals surface area contributed by atoms with E-state index in [-0.39, 0.29) is 0 Å². The van der Waals surface area contributed by atoms with Gasteiger partial charge in [0.15, 0.2) is 0 Å². The molecule has 1 heteroatoms. The number of para-hydroxylation sites is 1. The first kappa shape index (κ1) is 22.1. The molecule has 162 valence electrons. The van der Waals surface area contributed by atoms with Crippen molar-refractivity contribution in [2.24, 2.45) is 0 Å². The predicted molar refractivity (Wildman–Crippen MR) is 145 cm³/mol. The summed E-state index contributed by atoms with van der Waals surface area (Å²) < 4.78 is 2.34. The molecule has 0 spiro atoms. The van der Waals surface area contributed by atoms with Gasteiger partial charge in [-0.05, 0) is 54.8 Å². The molecule has 4 aromatic carbocycles. The number of aryl methyl sites for hydroxylation is 2. The summed E-state index contributed by atoms with van der Waals surface area (Å²) in [5.74, 6) is 0. The van der Waals surface area contributed by atoms with Crippen molar-refractivity contribution in [2.75, 3.05) is 0 Å². The minimum absolute atomic E-state index is 1.07. The molecule has 0 fully saturated rings. The fourth-order valence-electron chi connectivity index (χ4n) is 4.25. The van der Waals surface area contributed by atoms with E-state index in [0.717, 1.165) is 16.8 Å². The Labute approximate surface area is 196 Å². The highest BCUT2D eigenvalue weighted by molar-refractivity contribution is 6.10. The minimum Gasteiger partial charge on any atom is -0.309 e. The number of benzene rings is 4. The standard InChI is InChI=1S/C25H21N.C7H8/c1-4-10-19(5-2)20-12-9-13-21(17-20)26-23-15-7-6-14-22(23)25-18(3)11-8-16-24(25)26;1-7-5-3-2-4-6-7/h4-17H,1-2H2,3H3;2-6H,1H3/b19-10+;. The Hall–Kier alpha value is -4.10. The number of hydrogen-bond donors (Lipinski definition) is 0. The second-order valence-corrected chi connectivity index (χ2v) is 8.09. The largest absolute Gasteiger partial charge is 0.309 e. The highest BCUT2D eigenvalue weighted by Gasteiger charge is 2.13. The molecule has 1 heterocycles. The lowest BCUT2D eigenvalue weighted by Crippen LogP contribution is -1.95. The molecule has 0 unspecified atom stereocenters. The van der Waals surface area contributed by atoms with Gasteiger partial charge in [0, 0.05) is 16.5 Å². The maximum Gasteiger partial charge on any atom is 0.0543 e. The van der Waals surface area contributed by atoms with Gasteiger partial charge in [0.25, 0.3) is 0 Å². The molecule has 5 aromatic rings. The molecule has 0 amide bonds. The van der Waals surface area contributed by atoms with Crippen LogP contribution in [-0.2, 0) is 0 Å². The summed E-state index contributed by atoms with van der Waals surface area (Å²) in [5.41, 5.74) is 8.43. The summed E-state index contributed by atoms with van der Waals surface area (Å²) in [7, 11) is 0. The van der Waals surface area contributed by atoms with Crippen molar-refractivity contribution < 1.29 is 0 Å². The van der Waals surface area contributed by atoms with E-state index in [4.69, 9.17) is 0 Å². The van der Waals surface area contributed by atoms with Crippen molar-refractivity contribution in [1.82, 2.24) is 4.57 Å². The monoisotopic (exact) mass is 427 g/mol. The zero-order valence-electron chi connectivity index (χ0n) is 19.3. The van der Waals surface area contributed by atoms with Crippen LogP contribution < -0.4 is 0 Å². The Kier molecular flexibility index (Phi) is 6.71. The molecule has 0 saturated heterocycles. The van der Waals surface area contributed by atoms with Gasteiger partial charge >= 0.3 is 0 Å². The van der Waals surface area contributed by atoms with Crippen molar-refractivity contribution in [1.29, 1.82) is 0 Å². The van der Waals surface area contributed by atoms with Crippen LogP contribution in [0.1, 0.15) is 16.7 Å². The lowest BCUT2D eigenvalue weighted by atomic mass is 10.0. The number of aromatic nitrogens is 1. The van der Waals surface area contributed by atoms with Crippen molar-refractivity contribution in [2.45, 2.75) is 13.8 Å². The van der Waals surface area contributed by atoms with Gasteiger partial charge in [-0.2, -0.15) is 0 Å². The number of allylic oxidation sites excluding steroid dienone is 4. The van der Waals surface area contributed by atoms with Crippen LogP contribution in [-0.4, -0.2) is 4.57 Å². The van der Waals surface area contributed by atoms with E-state index < -0.39 is 0 Å². The van der Waals surface area contributed by atoms with E-state index in [0.29, 0.717) is 0 Å². The van der Waals surface area contributed by atoms with Crippen LogP contribution >= 0.6 is 0 Å². The van der Waals surface area contributed by atoms with Crippen LogP contribution in [0.3, 0.4) is 0 Å². The van der Waals surface area contributed by atoms with Crippen molar-refractivity contribution >= 4 is 27.4 Å². The van der Waals surface area contributed by atoms with E-state index in [1.54, 1.807) is 6.08 Å². The Balaban J connectivity index is 0.000000318. The van der Waals surface area contributed by atoms with Gasteiger partial charge in [-0.1, -0.05) is 110 Å². The molecule has 1 nitrogen and oxygen atoms in total. The quantitative estimate of drug-likeness (QED) is 0.252. The minimum atomic E-state index is 1.07. The Bertz CT molecular complexity index is 1450. The summed E-state index contributed by atoms with van der Waals surface area (Å²) in [5, 5.41) is 2.61. The first-order valence-electron chi connectivity index (χ1n) is 11.2. The number of hydrogen-bond acceptors (Lipinski definition) is 0. The van der Waals surface area contributed by atoms with Crippen LogP contribution in [0.5, 0.6) is 0 Å². The second kappa shape index (κ2) is 10.0. The normalized spacial score (nSPS) is 11.2. The summed E-state index contributed by atoms with van der Waals surface area (Å²) >= 11 is 0. The van der Waals surface area contributed by atoms with E-state index in [2.05, 4.69) is 110 Å². The van der Waals surface area contributed by atoms with Crippen molar-refractivity contribution in [3.8, 4) is 5.69 Å². The molecule has 0 aliphatic carbocycles. The molecular formula is C32H29N. The Morgan fingerprint density at radius 2 is 1.42 bits per heavy atom. The first-order valence-corrected chi connectivity index (χ1v) is 11.2. The summed E-state index contributed by atoms with van der Waals surface area (Å²) in [6, 6.07) is 34.0. The van der Waals surface area contributed by atoms with Gasteiger partial charge in [-0.3, -0.25) is 0 Å². The fraction of sp³-hybridized carbons (Fsp3) is 0.0625. The Morgan fingerprint density at radius 1 is 0.727 bits per heavy atom. The van der Waals surface area contributed by atoms with E-state index >= 15 is 0 Å². The highest BCUT2D eigenvalue weighted by Crippen LogP contribution is 2.34. The van der Waals surface area contributed by atoms with E-state index in [1.165, 1.54) is 32.9 Å². The smallest absolute Gasteiger partial charge is 0.0543 e. The molecule has 0 atom stereocenters. The maximum atomic E-state index is 3.94. The molecule has 5 rings (SSSR count). The Morgan fingerprint density at radius 3 is 2.12 bits per heavy atom. The molecule has 1 aromatic heterocycles.